The van der Waals surface area contributed by atoms with Crippen LogP contribution >= 0.6 is 0 Å². The molecule has 2 saturated heterocycles. The molecular formula is C13H24N2O3S. The molecule has 0 aromatic rings. The molecule has 110 valence electrons. The van der Waals surface area contributed by atoms with Crippen LogP contribution in [-0.2, 0) is 14.6 Å². The molecule has 2 aliphatic rings. The van der Waals surface area contributed by atoms with Gasteiger partial charge in [-0.1, -0.05) is 20.8 Å². The number of carbonyl (C=O) groups excluding carboxylic acids is 1. The van der Waals surface area contributed by atoms with E-state index < -0.39 is 9.84 Å². The first-order valence-corrected chi connectivity index (χ1v) is 8.96. The van der Waals surface area contributed by atoms with E-state index in [1.807, 2.05) is 11.8 Å². The van der Waals surface area contributed by atoms with Gasteiger partial charge in [-0.3, -0.25) is 10.1 Å². The Hall–Kier alpha value is -0.620. The third-order valence-electron chi connectivity index (χ3n) is 4.10. The Labute approximate surface area is 115 Å². The molecule has 6 heteroatoms. The second-order valence-electron chi connectivity index (χ2n) is 5.97. The zero-order valence-corrected chi connectivity index (χ0v) is 12.7. The zero-order valence-electron chi connectivity index (χ0n) is 11.9. The number of hydrogen-bond donors (Lipinski definition) is 1. The maximum Gasteiger partial charge on any atom is 0.241 e. The first kappa shape index (κ1) is 14.8. The van der Waals surface area contributed by atoms with Crippen LogP contribution in [0.15, 0.2) is 0 Å². The topological polar surface area (TPSA) is 66.5 Å². The second-order valence-corrected chi connectivity index (χ2v) is 8.20. The van der Waals surface area contributed by atoms with Gasteiger partial charge in [-0.05, 0) is 25.2 Å². The normalized spacial score (nSPS) is 35.1. The minimum absolute atomic E-state index is 0.0317. The summed E-state index contributed by atoms with van der Waals surface area (Å²) in [7, 11) is -2.99. The van der Waals surface area contributed by atoms with E-state index in [-0.39, 0.29) is 41.6 Å². The van der Waals surface area contributed by atoms with E-state index in [1.165, 1.54) is 0 Å². The summed E-state index contributed by atoms with van der Waals surface area (Å²) in [6.07, 6.45) is 2.18. The van der Waals surface area contributed by atoms with Gasteiger partial charge in [0, 0.05) is 6.04 Å². The summed E-state index contributed by atoms with van der Waals surface area (Å²) in [6.45, 7) is 6.11. The van der Waals surface area contributed by atoms with Crippen molar-refractivity contribution in [2.24, 2.45) is 5.92 Å². The summed E-state index contributed by atoms with van der Waals surface area (Å²) in [5.41, 5.74) is 0. The van der Waals surface area contributed by atoms with Crippen molar-refractivity contribution in [3.05, 3.63) is 0 Å². The molecule has 0 bridgehead atoms. The molecule has 0 radical (unpaired) electrons. The summed E-state index contributed by atoms with van der Waals surface area (Å²) in [5.74, 6) is 0.746. The smallest absolute Gasteiger partial charge is 0.241 e. The second kappa shape index (κ2) is 5.40. The van der Waals surface area contributed by atoms with Gasteiger partial charge in [0.15, 0.2) is 9.84 Å². The molecule has 0 aliphatic carbocycles. The van der Waals surface area contributed by atoms with E-state index in [0.717, 1.165) is 12.8 Å². The fourth-order valence-electron chi connectivity index (χ4n) is 3.11. The molecule has 2 heterocycles. The van der Waals surface area contributed by atoms with Gasteiger partial charge >= 0.3 is 0 Å². The van der Waals surface area contributed by atoms with Crippen molar-refractivity contribution < 1.29 is 13.2 Å². The number of carbonyl (C=O) groups is 1. The monoisotopic (exact) mass is 288 g/mol. The van der Waals surface area contributed by atoms with Crippen LogP contribution < -0.4 is 5.32 Å². The highest BCUT2D eigenvalue weighted by atomic mass is 32.2. The number of hydrogen-bond acceptors (Lipinski definition) is 4. The lowest BCUT2D eigenvalue weighted by Crippen LogP contribution is -2.51. The molecule has 0 aromatic heterocycles. The van der Waals surface area contributed by atoms with Gasteiger partial charge in [0.1, 0.15) is 0 Å². The van der Waals surface area contributed by atoms with E-state index in [4.69, 9.17) is 0 Å². The van der Waals surface area contributed by atoms with Crippen molar-refractivity contribution in [2.75, 3.05) is 11.5 Å². The van der Waals surface area contributed by atoms with Crippen molar-refractivity contribution in [1.82, 2.24) is 10.2 Å². The molecule has 2 rings (SSSR count). The van der Waals surface area contributed by atoms with Crippen LogP contribution in [0.2, 0.25) is 0 Å². The Morgan fingerprint density at radius 3 is 2.63 bits per heavy atom. The zero-order chi connectivity index (χ0) is 14.2. The van der Waals surface area contributed by atoms with Crippen molar-refractivity contribution in [3.63, 3.8) is 0 Å². The Morgan fingerprint density at radius 1 is 1.42 bits per heavy atom. The number of rotatable bonds is 3. The molecule has 0 spiro atoms. The summed E-state index contributed by atoms with van der Waals surface area (Å²) in [6, 6.07) is -0.306. The summed E-state index contributed by atoms with van der Waals surface area (Å²) in [4.78, 5) is 14.2. The summed E-state index contributed by atoms with van der Waals surface area (Å²) < 4.78 is 23.6. The molecule has 5 nitrogen and oxygen atoms in total. The fraction of sp³-hybridized carbons (Fsp3) is 0.923. The Morgan fingerprint density at radius 2 is 2.11 bits per heavy atom. The summed E-state index contributed by atoms with van der Waals surface area (Å²) >= 11 is 0. The van der Waals surface area contributed by atoms with Crippen LogP contribution in [0.1, 0.15) is 40.0 Å². The molecule has 19 heavy (non-hydrogen) atoms. The summed E-state index contributed by atoms with van der Waals surface area (Å²) in [5, 5.41) is 3.35. The van der Waals surface area contributed by atoms with Crippen LogP contribution in [0, 0.1) is 5.92 Å². The quantitative estimate of drug-likeness (QED) is 0.832. The van der Waals surface area contributed by atoms with E-state index in [9.17, 15) is 13.2 Å². The van der Waals surface area contributed by atoms with E-state index in [2.05, 4.69) is 19.2 Å². The molecule has 3 unspecified atom stereocenters. The lowest BCUT2D eigenvalue weighted by Gasteiger charge is -2.36. The van der Waals surface area contributed by atoms with Crippen LogP contribution in [0.5, 0.6) is 0 Å². The molecule has 2 aliphatic heterocycles. The molecule has 3 atom stereocenters. The number of amides is 1. The Kier molecular flexibility index (Phi) is 4.20. The SMILES string of the molecule is CCC1NC(C(C)C)N(C2CCCS(=O)(=O)C2)C1=O. The van der Waals surface area contributed by atoms with E-state index in [0.29, 0.717) is 6.42 Å². The van der Waals surface area contributed by atoms with Gasteiger partial charge in [-0.15, -0.1) is 0 Å². The number of nitrogens with zero attached hydrogens (tertiary/aromatic N) is 1. The maximum absolute atomic E-state index is 12.4. The average Bonchev–Trinajstić information content (AvgIpc) is 2.65. The average molecular weight is 288 g/mol. The first-order chi connectivity index (χ1) is 8.85. The Bertz CT molecular complexity index is 447. The van der Waals surface area contributed by atoms with Crippen LogP contribution in [0.4, 0.5) is 0 Å². The van der Waals surface area contributed by atoms with Crippen LogP contribution in [-0.4, -0.2) is 49.0 Å². The van der Waals surface area contributed by atoms with Crippen molar-refractivity contribution >= 4 is 15.7 Å². The standard InChI is InChI=1S/C13H24N2O3S/c1-4-11-13(16)15(12(14-11)9(2)3)10-6-5-7-19(17,18)8-10/h9-12,14H,4-8H2,1-3H3. The van der Waals surface area contributed by atoms with Gasteiger partial charge in [0.05, 0.1) is 23.7 Å². The number of sulfone groups is 1. The van der Waals surface area contributed by atoms with Crippen molar-refractivity contribution in [2.45, 2.75) is 58.3 Å². The van der Waals surface area contributed by atoms with E-state index in [1.54, 1.807) is 0 Å². The highest BCUT2D eigenvalue weighted by Gasteiger charge is 2.44. The van der Waals surface area contributed by atoms with Gasteiger partial charge in [-0.2, -0.15) is 0 Å². The fourth-order valence-corrected chi connectivity index (χ4v) is 4.79. The van der Waals surface area contributed by atoms with Crippen LogP contribution in [0.3, 0.4) is 0 Å². The van der Waals surface area contributed by atoms with Gasteiger partial charge in [0.25, 0.3) is 0 Å². The molecule has 0 aromatic carbocycles. The minimum Gasteiger partial charge on any atom is -0.322 e. The van der Waals surface area contributed by atoms with Crippen LogP contribution in [0.25, 0.3) is 0 Å². The largest absolute Gasteiger partial charge is 0.322 e. The molecule has 1 amide bonds. The third kappa shape index (κ3) is 2.94. The third-order valence-corrected chi connectivity index (χ3v) is 5.90. The molecule has 1 N–H and O–H groups in total. The molecule has 0 saturated carbocycles. The van der Waals surface area contributed by atoms with Crippen molar-refractivity contribution in [1.29, 1.82) is 0 Å². The highest BCUT2D eigenvalue weighted by molar-refractivity contribution is 7.91. The van der Waals surface area contributed by atoms with E-state index >= 15 is 0 Å². The molecular weight excluding hydrogens is 264 g/mol. The number of nitrogens with one attached hydrogen (secondary N) is 1. The lowest BCUT2D eigenvalue weighted by atomic mass is 10.1. The predicted octanol–water partition coefficient (Wildman–Crippen LogP) is 0.756. The highest BCUT2D eigenvalue weighted by Crippen LogP contribution is 2.27. The lowest BCUT2D eigenvalue weighted by molar-refractivity contribution is -0.132. The predicted molar refractivity (Wildman–Crippen MR) is 74.4 cm³/mol. The van der Waals surface area contributed by atoms with Gasteiger partial charge in [-0.25, -0.2) is 8.42 Å². The Balaban J connectivity index is 2.22. The maximum atomic E-state index is 12.4. The van der Waals surface area contributed by atoms with Gasteiger partial charge < -0.3 is 4.90 Å². The van der Waals surface area contributed by atoms with Gasteiger partial charge in [0.2, 0.25) is 5.91 Å². The first-order valence-electron chi connectivity index (χ1n) is 7.14. The van der Waals surface area contributed by atoms with Crippen molar-refractivity contribution in [3.8, 4) is 0 Å². The minimum atomic E-state index is -2.99. The molecule has 2 fully saturated rings.